The van der Waals surface area contributed by atoms with Crippen LogP contribution < -0.4 is 9.80 Å². The van der Waals surface area contributed by atoms with Crippen molar-refractivity contribution in [3.05, 3.63) is 77.6 Å². The lowest BCUT2D eigenvalue weighted by atomic mass is 10.1. The molecule has 2 heterocycles. The fourth-order valence-corrected chi connectivity index (χ4v) is 4.12. The number of nitrogens with zero attached hydrogens (tertiary/aromatic N) is 3. The molecule has 1 aliphatic heterocycles. The molecular formula is C24H27N3. The van der Waals surface area contributed by atoms with Crippen molar-refractivity contribution >= 4 is 22.7 Å². The minimum absolute atomic E-state index is 0.175. The summed E-state index contributed by atoms with van der Waals surface area (Å²) in [6.07, 6.45) is 2.19. The fraction of sp³-hybridized carbons (Fsp3) is 0.292. The van der Waals surface area contributed by atoms with E-state index in [1.807, 2.05) is 6.20 Å². The molecule has 1 atom stereocenters. The maximum atomic E-state index is 4.70. The van der Waals surface area contributed by atoms with E-state index in [9.17, 15) is 0 Å². The van der Waals surface area contributed by atoms with Gasteiger partial charge in [-0.2, -0.15) is 0 Å². The maximum Gasteiger partial charge on any atom is 0.108 e. The molecule has 138 valence electrons. The van der Waals surface area contributed by atoms with Crippen LogP contribution in [0, 0.1) is 13.8 Å². The van der Waals surface area contributed by atoms with Crippen LogP contribution in [-0.2, 0) is 0 Å². The van der Waals surface area contributed by atoms with E-state index in [0.29, 0.717) is 5.92 Å². The first-order valence-corrected chi connectivity index (χ1v) is 9.68. The number of benzene rings is 2. The van der Waals surface area contributed by atoms with Gasteiger partial charge in [0.1, 0.15) is 6.17 Å². The van der Waals surface area contributed by atoms with Gasteiger partial charge < -0.3 is 9.80 Å². The van der Waals surface area contributed by atoms with Crippen LogP contribution in [0.1, 0.15) is 43.5 Å². The molecule has 2 aromatic carbocycles. The second kappa shape index (κ2) is 6.73. The van der Waals surface area contributed by atoms with Gasteiger partial charge >= 0.3 is 0 Å². The van der Waals surface area contributed by atoms with Gasteiger partial charge in [0.25, 0.3) is 0 Å². The zero-order valence-corrected chi connectivity index (χ0v) is 16.8. The summed E-state index contributed by atoms with van der Waals surface area (Å²) >= 11 is 0. The van der Waals surface area contributed by atoms with Crippen molar-refractivity contribution in [1.82, 2.24) is 4.98 Å². The average molecular weight is 358 g/mol. The van der Waals surface area contributed by atoms with Crippen LogP contribution in [-0.4, -0.2) is 11.1 Å². The van der Waals surface area contributed by atoms with Crippen molar-refractivity contribution in [3.8, 4) is 0 Å². The number of hydrogen-bond acceptors (Lipinski definition) is 3. The van der Waals surface area contributed by atoms with Gasteiger partial charge in [-0.05, 0) is 62.1 Å². The molecule has 0 spiro atoms. The molecule has 0 N–H and O–H groups in total. The third-order valence-corrected chi connectivity index (χ3v) is 5.47. The average Bonchev–Trinajstić information content (AvgIpc) is 2.94. The molecule has 0 radical (unpaired) electrons. The van der Waals surface area contributed by atoms with Gasteiger partial charge in [0.05, 0.1) is 23.3 Å². The quantitative estimate of drug-likeness (QED) is 0.536. The van der Waals surface area contributed by atoms with Gasteiger partial charge in [-0.3, -0.25) is 4.98 Å². The van der Waals surface area contributed by atoms with Crippen molar-refractivity contribution in [2.75, 3.05) is 9.80 Å². The van der Waals surface area contributed by atoms with E-state index in [-0.39, 0.29) is 6.17 Å². The zero-order valence-electron chi connectivity index (χ0n) is 16.8. The molecule has 0 amide bonds. The highest BCUT2D eigenvalue weighted by molar-refractivity contribution is 5.89. The second-order valence-electron chi connectivity index (χ2n) is 7.70. The number of fused-ring (bicyclic) bond motifs is 1. The molecule has 0 fully saturated rings. The lowest BCUT2D eigenvalue weighted by Gasteiger charge is -2.32. The first-order valence-electron chi connectivity index (χ1n) is 9.68. The van der Waals surface area contributed by atoms with E-state index in [1.54, 1.807) is 0 Å². The summed E-state index contributed by atoms with van der Waals surface area (Å²) in [6.45, 7) is 11.0. The smallest absolute Gasteiger partial charge is 0.108 e. The molecule has 3 heteroatoms. The molecule has 3 aromatic rings. The first kappa shape index (κ1) is 17.6. The molecular weight excluding hydrogens is 330 g/mol. The summed E-state index contributed by atoms with van der Waals surface area (Å²) in [5, 5.41) is 0. The number of pyridine rings is 1. The Morgan fingerprint density at radius 3 is 2.00 bits per heavy atom. The van der Waals surface area contributed by atoms with Gasteiger partial charge in [-0.25, -0.2) is 0 Å². The topological polar surface area (TPSA) is 19.4 Å². The number of para-hydroxylation sites is 3. The molecule has 1 aliphatic rings. The van der Waals surface area contributed by atoms with Gasteiger partial charge in [-0.15, -0.1) is 0 Å². The second-order valence-corrected chi connectivity index (χ2v) is 7.70. The Kier molecular flexibility index (Phi) is 4.39. The Morgan fingerprint density at radius 2 is 1.44 bits per heavy atom. The zero-order chi connectivity index (χ0) is 19.1. The van der Waals surface area contributed by atoms with Crippen molar-refractivity contribution in [1.29, 1.82) is 0 Å². The molecule has 27 heavy (non-hydrogen) atoms. The number of aryl methyl sites for hydroxylation is 2. The predicted molar refractivity (Wildman–Crippen MR) is 114 cm³/mol. The summed E-state index contributed by atoms with van der Waals surface area (Å²) in [5.74, 6) is 0.438. The molecule has 1 aromatic heterocycles. The Bertz CT molecular complexity index is 939. The van der Waals surface area contributed by atoms with E-state index < -0.39 is 0 Å². The normalized spacial score (nSPS) is 16.1. The van der Waals surface area contributed by atoms with Gasteiger partial charge in [0.2, 0.25) is 0 Å². The Hall–Kier alpha value is -2.81. The summed E-state index contributed by atoms with van der Waals surface area (Å²) in [7, 11) is 0. The predicted octanol–water partition coefficient (Wildman–Crippen LogP) is 6.46. The van der Waals surface area contributed by atoms with E-state index in [4.69, 9.17) is 4.98 Å². The summed E-state index contributed by atoms with van der Waals surface area (Å²) in [5.41, 5.74) is 8.63. The first-order chi connectivity index (χ1) is 13.0. The van der Waals surface area contributed by atoms with Crippen molar-refractivity contribution in [2.24, 2.45) is 0 Å². The number of rotatable bonds is 3. The molecule has 0 bridgehead atoms. The number of hydrogen-bond donors (Lipinski definition) is 0. The Morgan fingerprint density at radius 1 is 0.815 bits per heavy atom. The summed E-state index contributed by atoms with van der Waals surface area (Å²) < 4.78 is 0. The minimum Gasteiger partial charge on any atom is -0.318 e. The van der Waals surface area contributed by atoms with E-state index >= 15 is 0 Å². The largest absolute Gasteiger partial charge is 0.318 e. The van der Waals surface area contributed by atoms with Gasteiger partial charge in [0, 0.05) is 11.4 Å². The van der Waals surface area contributed by atoms with Crippen LogP contribution in [0.4, 0.5) is 22.7 Å². The highest BCUT2D eigenvalue weighted by Crippen LogP contribution is 2.48. The fourth-order valence-electron chi connectivity index (χ4n) is 4.12. The Labute approximate surface area is 162 Å². The van der Waals surface area contributed by atoms with Crippen LogP contribution in [0.5, 0.6) is 0 Å². The lowest BCUT2D eigenvalue weighted by Crippen LogP contribution is -2.36. The van der Waals surface area contributed by atoms with E-state index in [0.717, 1.165) is 11.4 Å². The molecule has 3 nitrogen and oxygen atoms in total. The third kappa shape index (κ3) is 2.87. The molecule has 0 saturated carbocycles. The maximum absolute atomic E-state index is 4.70. The van der Waals surface area contributed by atoms with Gasteiger partial charge in [0.15, 0.2) is 0 Å². The molecule has 0 aliphatic carbocycles. The minimum atomic E-state index is 0.175. The van der Waals surface area contributed by atoms with Crippen molar-refractivity contribution in [2.45, 2.75) is 46.7 Å². The van der Waals surface area contributed by atoms with E-state index in [2.05, 4.69) is 99.0 Å². The molecule has 0 unspecified atom stereocenters. The highest BCUT2D eigenvalue weighted by atomic mass is 15.4. The Balaban J connectivity index is 1.84. The van der Waals surface area contributed by atoms with Crippen molar-refractivity contribution in [3.63, 3.8) is 0 Å². The number of anilines is 4. The molecule has 0 saturated heterocycles. The van der Waals surface area contributed by atoms with Crippen LogP contribution in [0.15, 0.2) is 60.8 Å². The standard InChI is InChI=1S/C24H27N3/c1-16(2)21-14-13-20(15-25-21)26-19(5)27(23-12-7-6-11-22(23)26)24-17(3)9-8-10-18(24)4/h6-16,19H,1-5H3/t19-/m0/s1. The monoisotopic (exact) mass is 357 g/mol. The SMILES string of the molecule is Cc1cccc(C)c1N1c2ccccc2N(c2ccc(C(C)C)nc2)[C@@H]1C. The van der Waals surface area contributed by atoms with Crippen LogP contribution in [0.3, 0.4) is 0 Å². The van der Waals surface area contributed by atoms with Crippen LogP contribution >= 0.6 is 0 Å². The van der Waals surface area contributed by atoms with Gasteiger partial charge in [-0.1, -0.05) is 44.2 Å². The number of aromatic nitrogens is 1. The van der Waals surface area contributed by atoms with Crippen LogP contribution in [0.25, 0.3) is 0 Å². The van der Waals surface area contributed by atoms with Crippen LogP contribution in [0.2, 0.25) is 0 Å². The highest BCUT2D eigenvalue weighted by Gasteiger charge is 2.35. The van der Waals surface area contributed by atoms with E-state index in [1.165, 1.54) is 28.2 Å². The molecule has 4 rings (SSSR count). The lowest BCUT2D eigenvalue weighted by molar-refractivity contribution is 0.753. The summed E-state index contributed by atoms with van der Waals surface area (Å²) in [4.78, 5) is 9.54. The third-order valence-electron chi connectivity index (χ3n) is 5.47. The van der Waals surface area contributed by atoms with Crippen molar-refractivity contribution < 1.29 is 0 Å². The summed E-state index contributed by atoms with van der Waals surface area (Å²) in [6, 6.07) is 19.5.